The van der Waals surface area contributed by atoms with Crippen molar-refractivity contribution in [3.05, 3.63) is 75.1 Å². The molecule has 176 valence electrons. The molecule has 0 aliphatic carbocycles. The Labute approximate surface area is 207 Å². The van der Waals surface area contributed by atoms with Gasteiger partial charge in [-0.25, -0.2) is 9.37 Å². The summed E-state index contributed by atoms with van der Waals surface area (Å²) in [6, 6.07) is 11.1. The maximum absolute atomic E-state index is 14.4. The largest absolute Gasteiger partial charge is 0.434 e. The number of oxazole rings is 1. The Kier molecular flexibility index (Phi) is 9.46. The molecule has 1 amide bonds. The Morgan fingerprint density at radius 1 is 1.12 bits per heavy atom. The van der Waals surface area contributed by atoms with Gasteiger partial charge < -0.3 is 9.73 Å². The monoisotopic (exact) mass is 524 g/mol. The van der Waals surface area contributed by atoms with Crippen LogP contribution < -0.4 is 5.32 Å². The number of carbonyl (C=O) groups excluding carboxylic acids is 1. The summed E-state index contributed by atoms with van der Waals surface area (Å²) in [6.45, 7) is 11.5. The number of fused-ring (bicyclic) bond motifs is 1. The smallest absolute Gasteiger partial charge is 0.255 e. The van der Waals surface area contributed by atoms with Crippen molar-refractivity contribution < 1.29 is 13.6 Å². The average molecular weight is 525 g/mol. The van der Waals surface area contributed by atoms with Crippen LogP contribution in [0.5, 0.6) is 0 Å². The lowest BCUT2D eigenvalue weighted by molar-refractivity contribution is 0.102. The molecule has 8 heteroatoms. The van der Waals surface area contributed by atoms with Crippen molar-refractivity contribution in [3.63, 3.8) is 0 Å². The minimum atomic E-state index is -0.543. The van der Waals surface area contributed by atoms with E-state index in [0.29, 0.717) is 44.7 Å². The number of amides is 1. The van der Waals surface area contributed by atoms with Gasteiger partial charge in [0.1, 0.15) is 5.82 Å². The summed E-state index contributed by atoms with van der Waals surface area (Å²) in [6.07, 6.45) is 1.60. The number of aryl methyl sites for hydroxylation is 1. The lowest BCUT2D eigenvalue weighted by Crippen LogP contribution is -2.14. The molecule has 1 N–H and O–H groups in total. The van der Waals surface area contributed by atoms with Crippen molar-refractivity contribution in [2.45, 2.75) is 41.5 Å². The van der Waals surface area contributed by atoms with E-state index in [9.17, 15) is 9.18 Å². The van der Waals surface area contributed by atoms with Crippen molar-refractivity contribution in [3.8, 4) is 17.5 Å². The van der Waals surface area contributed by atoms with Gasteiger partial charge in [-0.3, -0.25) is 4.79 Å². The minimum Gasteiger partial charge on any atom is -0.434 e. The molecule has 0 atom stereocenters. The van der Waals surface area contributed by atoms with Crippen molar-refractivity contribution in [1.82, 2.24) is 9.97 Å². The zero-order valence-corrected chi connectivity index (χ0v) is 21.5. The van der Waals surface area contributed by atoms with Crippen LogP contribution in [0, 0.1) is 31.0 Å². The zero-order chi connectivity index (χ0) is 25.4. The lowest BCUT2D eigenvalue weighted by atomic mass is 10.0. The Hall–Kier alpha value is -3.57. The van der Waals surface area contributed by atoms with E-state index in [4.69, 9.17) is 9.68 Å². The predicted octanol–water partition coefficient (Wildman–Crippen LogP) is 7.58. The molecule has 0 radical (unpaired) electrons. The third-order valence-corrected chi connectivity index (χ3v) is 5.10. The van der Waals surface area contributed by atoms with Gasteiger partial charge in [0.05, 0.1) is 11.6 Å². The van der Waals surface area contributed by atoms with E-state index < -0.39 is 11.7 Å². The van der Waals surface area contributed by atoms with Crippen LogP contribution in [0.2, 0.25) is 0 Å². The number of carbonyl (C=O) groups is 1. The van der Waals surface area contributed by atoms with Gasteiger partial charge in [0.15, 0.2) is 11.2 Å². The molecule has 4 rings (SSSR count). The average Bonchev–Trinajstić information content (AvgIpc) is 3.26. The summed E-state index contributed by atoms with van der Waals surface area (Å²) in [5.41, 5.74) is 3.68. The van der Waals surface area contributed by atoms with E-state index in [-0.39, 0.29) is 5.89 Å². The highest BCUT2D eigenvalue weighted by molar-refractivity contribution is 9.10. The number of nitriles is 1. The SMILES string of the molecule is CC.CC.Cc1cc(C#N)ccc1C(=O)Nc1cc(F)cc(-c2nc3ncc(Br)cc3o2)c1C. The van der Waals surface area contributed by atoms with Crippen molar-refractivity contribution >= 4 is 38.8 Å². The predicted molar refractivity (Wildman–Crippen MR) is 136 cm³/mol. The van der Waals surface area contributed by atoms with E-state index in [1.54, 1.807) is 44.3 Å². The highest BCUT2D eigenvalue weighted by atomic mass is 79.9. The van der Waals surface area contributed by atoms with E-state index in [0.717, 1.165) is 4.47 Å². The molecular formula is C26H26BrFN4O2. The number of nitrogens with zero attached hydrogens (tertiary/aromatic N) is 3. The van der Waals surface area contributed by atoms with Crippen molar-refractivity contribution in [1.29, 1.82) is 5.26 Å². The molecule has 0 saturated carbocycles. The van der Waals surface area contributed by atoms with Gasteiger partial charge >= 0.3 is 0 Å². The summed E-state index contributed by atoms with van der Waals surface area (Å²) in [7, 11) is 0. The third-order valence-electron chi connectivity index (χ3n) is 4.66. The number of halogens is 2. The summed E-state index contributed by atoms with van der Waals surface area (Å²) in [4.78, 5) is 21.3. The maximum Gasteiger partial charge on any atom is 0.255 e. The fourth-order valence-electron chi connectivity index (χ4n) is 3.12. The molecule has 0 spiro atoms. The third kappa shape index (κ3) is 5.86. The molecule has 2 aromatic heterocycles. The van der Waals surface area contributed by atoms with E-state index >= 15 is 0 Å². The van der Waals surface area contributed by atoms with Gasteiger partial charge in [0.25, 0.3) is 5.91 Å². The Bertz CT molecular complexity index is 1360. The minimum absolute atomic E-state index is 0.206. The molecule has 0 aliphatic rings. The summed E-state index contributed by atoms with van der Waals surface area (Å²) in [5, 5.41) is 11.7. The highest BCUT2D eigenvalue weighted by Crippen LogP contribution is 2.32. The first kappa shape index (κ1) is 26.7. The van der Waals surface area contributed by atoms with Gasteiger partial charge in [-0.2, -0.15) is 10.2 Å². The number of benzene rings is 2. The van der Waals surface area contributed by atoms with Crippen LogP contribution in [0.1, 0.15) is 54.7 Å². The standard InChI is InChI=1S/C22H14BrFN4O2.2C2H6/c1-11-5-13(9-25)3-4-16(11)21(29)27-18-8-15(24)7-17(12(18)2)22-28-20-19(30-22)6-14(23)10-26-20;2*1-2/h3-8,10H,1-2H3,(H,27,29);2*1-2H3. The van der Waals surface area contributed by atoms with Crippen LogP contribution in [0.3, 0.4) is 0 Å². The number of pyridine rings is 1. The number of rotatable bonds is 3. The number of anilines is 1. The summed E-state index contributed by atoms with van der Waals surface area (Å²) < 4.78 is 20.8. The molecule has 2 aromatic carbocycles. The van der Waals surface area contributed by atoms with Gasteiger partial charge in [-0.05, 0) is 71.2 Å². The first-order valence-electron chi connectivity index (χ1n) is 10.9. The molecule has 0 bridgehead atoms. The molecule has 0 unspecified atom stereocenters. The zero-order valence-electron chi connectivity index (χ0n) is 20.0. The summed E-state index contributed by atoms with van der Waals surface area (Å²) in [5.74, 6) is -0.740. The second kappa shape index (κ2) is 12.1. The first-order valence-corrected chi connectivity index (χ1v) is 11.7. The molecule has 0 fully saturated rings. The Morgan fingerprint density at radius 2 is 1.82 bits per heavy atom. The maximum atomic E-state index is 14.4. The summed E-state index contributed by atoms with van der Waals surface area (Å²) >= 11 is 3.32. The second-order valence-corrected chi connectivity index (χ2v) is 7.63. The lowest BCUT2D eigenvalue weighted by Gasteiger charge is -2.13. The normalized spacial score (nSPS) is 9.85. The van der Waals surface area contributed by atoms with Gasteiger partial charge in [-0.15, -0.1) is 0 Å². The van der Waals surface area contributed by atoms with Crippen LogP contribution in [-0.4, -0.2) is 15.9 Å². The number of hydrogen-bond acceptors (Lipinski definition) is 5. The second-order valence-electron chi connectivity index (χ2n) is 6.72. The highest BCUT2D eigenvalue weighted by Gasteiger charge is 2.18. The molecule has 4 aromatic rings. The fourth-order valence-corrected chi connectivity index (χ4v) is 3.43. The molecule has 34 heavy (non-hydrogen) atoms. The molecule has 0 aliphatic heterocycles. The van der Waals surface area contributed by atoms with Crippen molar-refractivity contribution in [2.24, 2.45) is 0 Å². The Morgan fingerprint density at radius 3 is 2.47 bits per heavy atom. The molecule has 2 heterocycles. The van der Waals surface area contributed by atoms with Crippen molar-refractivity contribution in [2.75, 3.05) is 5.32 Å². The van der Waals surface area contributed by atoms with Crippen LogP contribution in [0.25, 0.3) is 22.7 Å². The quantitative estimate of drug-likeness (QED) is 0.298. The van der Waals surface area contributed by atoms with Crippen LogP contribution >= 0.6 is 15.9 Å². The van der Waals surface area contributed by atoms with Crippen LogP contribution in [0.15, 0.2) is 51.5 Å². The van der Waals surface area contributed by atoms with E-state index in [2.05, 4.69) is 31.2 Å². The van der Waals surface area contributed by atoms with Crippen LogP contribution in [-0.2, 0) is 0 Å². The van der Waals surface area contributed by atoms with Gasteiger partial charge in [-0.1, -0.05) is 27.7 Å². The van der Waals surface area contributed by atoms with Crippen LogP contribution in [0.4, 0.5) is 10.1 Å². The topological polar surface area (TPSA) is 91.8 Å². The molecular weight excluding hydrogens is 499 g/mol. The molecule has 6 nitrogen and oxygen atoms in total. The van der Waals surface area contributed by atoms with E-state index in [1.165, 1.54) is 12.1 Å². The first-order chi connectivity index (χ1) is 16.4. The van der Waals surface area contributed by atoms with E-state index in [1.807, 2.05) is 33.8 Å². The Balaban J connectivity index is 0.000000970. The molecule has 0 saturated heterocycles. The number of hydrogen-bond donors (Lipinski definition) is 1. The number of nitrogens with one attached hydrogen (secondary N) is 1. The fraction of sp³-hybridized carbons (Fsp3) is 0.231. The van der Waals surface area contributed by atoms with Gasteiger partial charge in [0.2, 0.25) is 5.89 Å². The number of aromatic nitrogens is 2. The van der Waals surface area contributed by atoms with Gasteiger partial charge in [0, 0.05) is 33.6 Å².